The van der Waals surface area contributed by atoms with E-state index in [2.05, 4.69) is 25.3 Å². The van der Waals surface area contributed by atoms with Gasteiger partial charge in [-0.3, -0.25) is 9.36 Å². The fraction of sp³-hybridized carbons (Fsp3) is 0.333. The maximum absolute atomic E-state index is 12.1. The molecule has 150 valence electrons. The van der Waals surface area contributed by atoms with E-state index >= 15 is 0 Å². The Morgan fingerprint density at radius 3 is 2.66 bits per heavy atom. The van der Waals surface area contributed by atoms with E-state index < -0.39 is 5.97 Å². The maximum Gasteiger partial charge on any atom is 0.356 e. The Hall–Kier alpha value is -3.60. The van der Waals surface area contributed by atoms with Crippen molar-refractivity contribution in [2.75, 3.05) is 7.11 Å². The first-order valence-corrected chi connectivity index (χ1v) is 8.97. The zero-order valence-corrected chi connectivity index (χ0v) is 16.5. The van der Waals surface area contributed by atoms with Gasteiger partial charge in [0, 0.05) is 26.0 Å². The molecule has 0 spiro atoms. The van der Waals surface area contributed by atoms with E-state index in [0.29, 0.717) is 35.3 Å². The second kappa shape index (κ2) is 7.09. The van der Waals surface area contributed by atoms with Crippen LogP contribution in [0.2, 0.25) is 0 Å². The second-order valence-corrected chi connectivity index (χ2v) is 6.43. The predicted molar refractivity (Wildman–Crippen MR) is 103 cm³/mol. The molecule has 0 amide bonds. The van der Waals surface area contributed by atoms with Crippen LogP contribution in [0.15, 0.2) is 18.3 Å². The number of methoxy groups -OCH3 is 1. The van der Waals surface area contributed by atoms with Crippen LogP contribution >= 0.6 is 0 Å². The molecule has 11 nitrogen and oxygen atoms in total. The van der Waals surface area contributed by atoms with Crippen molar-refractivity contribution in [1.29, 1.82) is 0 Å². The highest BCUT2D eigenvalue weighted by Crippen LogP contribution is 2.28. The number of pyridine rings is 1. The van der Waals surface area contributed by atoms with Crippen LogP contribution in [-0.2, 0) is 32.0 Å². The van der Waals surface area contributed by atoms with Crippen molar-refractivity contribution in [3.8, 4) is 23.0 Å². The minimum atomic E-state index is -0.548. The number of hydrogen-bond acceptors (Lipinski definition) is 8. The van der Waals surface area contributed by atoms with E-state index in [1.165, 1.54) is 7.11 Å². The van der Waals surface area contributed by atoms with Gasteiger partial charge in [-0.2, -0.15) is 10.2 Å². The molecule has 4 aromatic rings. The number of aryl methyl sites for hydroxylation is 3. The molecule has 0 saturated carbocycles. The van der Waals surface area contributed by atoms with E-state index in [0.717, 1.165) is 10.9 Å². The van der Waals surface area contributed by atoms with Gasteiger partial charge in [-0.25, -0.2) is 19.4 Å². The van der Waals surface area contributed by atoms with E-state index in [4.69, 9.17) is 4.74 Å². The molecule has 4 rings (SSSR count). The molecule has 0 aromatic carbocycles. The molecule has 0 saturated heterocycles. The van der Waals surface area contributed by atoms with Crippen LogP contribution in [0.1, 0.15) is 23.1 Å². The standard InChI is InChI=1S/C18H20N8O3/c1-5-26-14(6-10(9-27)22-26)16-21-17(25(3)23-16)15-11-8-19-24(2)13(11)7-12(20-15)18(28)29-4/h6-8,27H,5,9H2,1-4H3. The highest BCUT2D eigenvalue weighted by molar-refractivity contribution is 5.97. The number of aliphatic hydroxyl groups excluding tert-OH is 1. The van der Waals surface area contributed by atoms with Gasteiger partial charge in [-0.15, -0.1) is 5.10 Å². The number of aliphatic hydroxyl groups is 1. The Balaban J connectivity index is 1.91. The Labute approximate surface area is 165 Å². The summed E-state index contributed by atoms with van der Waals surface area (Å²) in [6.45, 7) is 2.38. The highest BCUT2D eigenvalue weighted by Gasteiger charge is 2.22. The third-order valence-electron chi connectivity index (χ3n) is 4.64. The number of esters is 1. The van der Waals surface area contributed by atoms with E-state index in [1.54, 1.807) is 46.5 Å². The summed E-state index contributed by atoms with van der Waals surface area (Å²) in [5.74, 6) is 0.366. The van der Waals surface area contributed by atoms with Crippen LogP contribution in [0.5, 0.6) is 0 Å². The number of hydrogen-bond donors (Lipinski definition) is 1. The van der Waals surface area contributed by atoms with Crippen molar-refractivity contribution in [3.05, 3.63) is 29.7 Å². The molecule has 0 aliphatic carbocycles. The molecule has 0 fully saturated rings. The molecule has 0 aliphatic heterocycles. The lowest BCUT2D eigenvalue weighted by atomic mass is 10.2. The van der Waals surface area contributed by atoms with E-state index in [1.807, 2.05) is 6.92 Å². The number of carbonyl (C=O) groups is 1. The van der Waals surface area contributed by atoms with Gasteiger partial charge in [0.1, 0.15) is 11.4 Å². The van der Waals surface area contributed by atoms with Gasteiger partial charge in [0.15, 0.2) is 17.3 Å². The summed E-state index contributed by atoms with van der Waals surface area (Å²) in [7, 11) is 4.84. The number of aromatic nitrogens is 8. The minimum absolute atomic E-state index is 0.157. The summed E-state index contributed by atoms with van der Waals surface area (Å²) in [5.41, 5.74) is 2.58. The Kier molecular flexibility index (Phi) is 4.59. The molecular weight excluding hydrogens is 376 g/mol. The zero-order chi connectivity index (χ0) is 20.7. The molecular formula is C18H20N8O3. The van der Waals surface area contributed by atoms with Crippen molar-refractivity contribution < 1.29 is 14.6 Å². The molecule has 1 N–H and O–H groups in total. The fourth-order valence-corrected chi connectivity index (χ4v) is 3.19. The third kappa shape index (κ3) is 3.05. The molecule has 29 heavy (non-hydrogen) atoms. The Morgan fingerprint density at radius 2 is 1.97 bits per heavy atom. The summed E-state index contributed by atoms with van der Waals surface area (Å²) in [6.07, 6.45) is 1.67. The summed E-state index contributed by atoms with van der Waals surface area (Å²) in [4.78, 5) is 21.2. The predicted octanol–water partition coefficient (Wildman–Crippen LogP) is 0.926. The van der Waals surface area contributed by atoms with E-state index in [-0.39, 0.29) is 12.3 Å². The number of nitrogens with zero attached hydrogens (tertiary/aromatic N) is 8. The average Bonchev–Trinajstić information content (AvgIpc) is 3.43. The summed E-state index contributed by atoms with van der Waals surface area (Å²) >= 11 is 0. The normalized spacial score (nSPS) is 11.3. The Morgan fingerprint density at radius 1 is 1.17 bits per heavy atom. The van der Waals surface area contributed by atoms with Crippen molar-refractivity contribution >= 4 is 16.9 Å². The lowest BCUT2D eigenvalue weighted by molar-refractivity contribution is 0.0594. The van der Waals surface area contributed by atoms with Gasteiger partial charge in [0.05, 0.1) is 31.1 Å². The zero-order valence-electron chi connectivity index (χ0n) is 16.5. The van der Waals surface area contributed by atoms with Gasteiger partial charge in [-0.05, 0) is 19.1 Å². The van der Waals surface area contributed by atoms with Gasteiger partial charge in [0.2, 0.25) is 0 Å². The smallest absolute Gasteiger partial charge is 0.356 e. The maximum atomic E-state index is 12.1. The van der Waals surface area contributed by atoms with Crippen LogP contribution in [-0.4, -0.2) is 57.5 Å². The van der Waals surface area contributed by atoms with Crippen molar-refractivity contribution in [2.24, 2.45) is 14.1 Å². The van der Waals surface area contributed by atoms with Gasteiger partial charge < -0.3 is 9.84 Å². The summed E-state index contributed by atoms with van der Waals surface area (Å²) in [5, 5.41) is 23.2. The van der Waals surface area contributed by atoms with Crippen LogP contribution in [0.25, 0.3) is 33.9 Å². The first-order valence-electron chi connectivity index (χ1n) is 8.97. The molecule has 0 bridgehead atoms. The second-order valence-electron chi connectivity index (χ2n) is 6.43. The Bertz CT molecular complexity index is 1220. The highest BCUT2D eigenvalue weighted by atomic mass is 16.5. The van der Waals surface area contributed by atoms with Crippen LogP contribution in [0.3, 0.4) is 0 Å². The van der Waals surface area contributed by atoms with Crippen LogP contribution in [0, 0.1) is 0 Å². The summed E-state index contributed by atoms with van der Waals surface area (Å²) < 4.78 is 9.81. The first kappa shape index (κ1) is 18.7. The number of fused-ring (bicyclic) bond motifs is 1. The minimum Gasteiger partial charge on any atom is -0.464 e. The number of carbonyl (C=O) groups excluding carboxylic acids is 1. The van der Waals surface area contributed by atoms with E-state index in [9.17, 15) is 9.90 Å². The quantitative estimate of drug-likeness (QED) is 0.494. The monoisotopic (exact) mass is 396 g/mol. The molecule has 0 unspecified atom stereocenters. The lowest BCUT2D eigenvalue weighted by Gasteiger charge is -2.05. The van der Waals surface area contributed by atoms with Crippen LogP contribution in [0.4, 0.5) is 0 Å². The third-order valence-corrected chi connectivity index (χ3v) is 4.64. The number of ether oxygens (including phenoxy) is 1. The molecule has 11 heteroatoms. The van der Waals surface area contributed by atoms with Crippen LogP contribution < -0.4 is 0 Å². The van der Waals surface area contributed by atoms with Gasteiger partial charge >= 0.3 is 5.97 Å². The lowest BCUT2D eigenvalue weighted by Crippen LogP contribution is -2.07. The number of rotatable bonds is 5. The molecule has 0 aliphatic rings. The first-order chi connectivity index (χ1) is 14.0. The molecule has 0 radical (unpaired) electrons. The van der Waals surface area contributed by atoms with Crippen molar-refractivity contribution in [2.45, 2.75) is 20.1 Å². The van der Waals surface area contributed by atoms with Gasteiger partial charge in [0.25, 0.3) is 0 Å². The molecule has 0 atom stereocenters. The average molecular weight is 396 g/mol. The van der Waals surface area contributed by atoms with Gasteiger partial charge in [-0.1, -0.05) is 0 Å². The van der Waals surface area contributed by atoms with Crippen molar-refractivity contribution in [3.63, 3.8) is 0 Å². The SMILES string of the molecule is CCn1nc(CO)cc1-c1nc(-c2nc(C(=O)OC)cc3c2cnn3C)n(C)n1. The molecule has 4 heterocycles. The van der Waals surface area contributed by atoms with Crippen molar-refractivity contribution in [1.82, 2.24) is 39.3 Å². The largest absolute Gasteiger partial charge is 0.464 e. The summed E-state index contributed by atoms with van der Waals surface area (Å²) in [6, 6.07) is 3.38. The molecule has 4 aromatic heterocycles. The topological polar surface area (TPSA) is 126 Å². The fourth-order valence-electron chi connectivity index (χ4n) is 3.19.